The molecule has 0 aliphatic carbocycles. The van der Waals surface area contributed by atoms with Crippen molar-refractivity contribution in [2.45, 2.75) is 29.5 Å². The Morgan fingerprint density at radius 3 is 2.76 bits per heavy atom. The van der Waals surface area contributed by atoms with Gasteiger partial charge in [0.1, 0.15) is 5.82 Å². The first kappa shape index (κ1) is 14.4. The Bertz CT molecular complexity index is 548. The van der Waals surface area contributed by atoms with Crippen LogP contribution in [0.25, 0.3) is 0 Å². The van der Waals surface area contributed by atoms with Crippen molar-refractivity contribution in [3.63, 3.8) is 0 Å². The van der Waals surface area contributed by atoms with E-state index < -0.39 is 0 Å². The maximum Gasteiger partial charge on any atom is 0.244 e. The van der Waals surface area contributed by atoms with E-state index in [1.807, 2.05) is 13.1 Å². The second kappa shape index (κ2) is 6.95. The van der Waals surface area contributed by atoms with E-state index in [0.29, 0.717) is 6.04 Å². The van der Waals surface area contributed by atoms with Crippen molar-refractivity contribution in [3.05, 3.63) is 36.2 Å². The smallest absolute Gasteiger partial charge is 0.244 e. The number of H-pyrrole nitrogens is 1. The van der Waals surface area contributed by atoms with Crippen LogP contribution in [-0.4, -0.2) is 41.4 Å². The molecule has 1 aliphatic rings. The number of hydrogen-bond donors (Lipinski definition) is 2. The molecule has 0 amide bonds. The number of piperidine rings is 1. The Balaban J connectivity index is 1.54. The first-order chi connectivity index (χ1) is 10.3. The minimum atomic E-state index is 0.633. The van der Waals surface area contributed by atoms with E-state index in [2.05, 4.69) is 49.7 Å². The third kappa shape index (κ3) is 3.77. The van der Waals surface area contributed by atoms with Gasteiger partial charge in [0.15, 0.2) is 0 Å². The predicted molar refractivity (Wildman–Crippen MR) is 86.7 cm³/mol. The second-order valence-corrected chi connectivity index (χ2v) is 6.28. The van der Waals surface area contributed by atoms with Crippen LogP contribution in [0.1, 0.15) is 18.7 Å². The molecule has 3 rings (SSSR count). The Labute approximate surface area is 129 Å². The van der Waals surface area contributed by atoms with Crippen LogP contribution >= 0.6 is 11.8 Å². The molecule has 0 unspecified atom stereocenters. The zero-order valence-corrected chi connectivity index (χ0v) is 13.1. The van der Waals surface area contributed by atoms with Crippen LogP contribution in [0, 0.1) is 0 Å². The van der Waals surface area contributed by atoms with Crippen LogP contribution in [0.5, 0.6) is 0 Å². The molecule has 0 saturated carbocycles. The van der Waals surface area contributed by atoms with Gasteiger partial charge in [-0.25, -0.2) is 0 Å². The van der Waals surface area contributed by atoms with E-state index in [9.17, 15) is 0 Å². The van der Waals surface area contributed by atoms with Gasteiger partial charge < -0.3 is 10.2 Å². The van der Waals surface area contributed by atoms with Crippen molar-refractivity contribution >= 4 is 17.7 Å². The lowest BCUT2D eigenvalue weighted by atomic mass is 10.1. The topological polar surface area (TPSA) is 56.8 Å². The summed E-state index contributed by atoms with van der Waals surface area (Å²) in [5.41, 5.74) is 0. The molecule has 112 valence electrons. The van der Waals surface area contributed by atoms with Crippen molar-refractivity contribution < 1.29 is 0 Å². The summed E-state index contributed by atoms with van der Waals surface area (Å²) < 4.78 is 0. The lowest BCUT2D eigenvalue weighted by Gasteiger charge is -2.30. The molecule has 6 heteroatoms. The number of benzene rings is 1. The Hall–Kier alpha value is -1.53. The second-order valence-electron chi connectivity index (χ2n) is 5.23. The molecule has 0 bridgehead atoms. The summed E-state index contributed by atoms with van der Waals surface area (Å²) in [6, 6.07) is 11.0. The van der Waals surface area contributed by atoms with Crippen LogP contribution in [0.3, 0.4) is 0 Å². The molecule has 1 aliphatic heterocycles. The zero-order valence-electron chi connectivity index (χ0n) is 12.2. The Kier molecular flexibility index (Phi) is 4.77. The molecule has 2 heterocycles. The van der Waals surface area contributed by atoms with E-state index in [1.165, 1.54) is 4.90 Å². The lowest BCUT2D eigenvalue weighted by Crippen LogP contribution is -2.41. The van der Waals surface area contributed by atoms with Crippen LogP contribution in [-0.2, 0) is 5.75 Å². The number of rotatable bonds is 5. The highest BCUT2D eigenvalue weighted by atomic mass is 32.2. The van der Waals surface area contributed by atoms with Gasteiger partial charge in [0, 0.05) is 24.0 Å². The number of nitrogens with one attached hydrogen (secondary N) is 2. The van der Waals surface area contributed by atoms with Gasteiger partial charge in [-0.1, -0.05) is 18.2 Å². The molecule has 2 aromatic rings. The summed E-state index contributed by atoms with van der Waals surface area (Å²) >= 11 is 1.78. The van der Waals surface area contributed by atoms with Gasteiger partial charge in [0.05, 0.1) is 5.75 Å². The molecule has 0 spiro atoms. The third-order valence-corrected chi connectivity index (χ3v) is 4.85. The fourth-order valence-corrected chi connectivity index (χ4v) is 3.31. The highest BCUT2D eigenvalue weighted by Gasteiger charge is 2.20. The van der Waals surface area contributed by atoms with Gasteiger partial charge in [0.25, 0.3) is 0 Å². The van der Waals surface area contributed by atoms with Crippen molar-refractivity contribution in [1.29, 1.82) is 0 Å². The first-order valence-electron chi connectivity index (χ1n) is 7.36. The lowest BCUT2D eigenvalue weighted by molar-refractivity contribution is 0.439. The monoisotopic (exact) mass is 303 g/mol. The molecule has 1 saturated heterocycles. The fraction of sp³-hybridized carbons (Fsp3) is 0.467. The fourth-order valence-electron chi connectivity index (χ4n) is 2.53. The quantitative estimate of drug-likeness (QED) is 0.830. The van der Waals surface area contributed by atoms with Gasteiger partial charge >= 0.3 is 0 Å². The van der Waals surface area contributed by atoms with Crippen LogP contribution in [0.2, 0.25) is 0 Å². The normalized spacial score (nSPS) is 16.3. The summed E-state index contributed by atoms with van der Waals surface area (Å²) in [6.07, 6.45) is 2.30. The highest BCUT2D eigenvalue weighted by Crippen LogP contribution is 2.22. The van der Waals surface area contributed by atoms with Gasteiger partial charge in [0.2, 0.25) is 5.95 Å². The van der Waals surface area contributed by atoms with Crippen LogP contribution in [0.4, 0.5) is 5.95 Å². The molecule has 2 N–H and O–H groups in total. The summed E-state index contributed by atoms with van der Waals surface area (Å²) in [5.74, 6) is 2.60. The van der Waals surface area contributed by atoms with E-state index in [4.69, 9.17) is 0 Å². The molecule has 21 heavy (non-hydrogen) atoms. The van der Waals surface area contributed by atoms with Crippen molar-refractivity contribution in [2.75, 3.05) is 25.0 Å². The summed E-state index contributed by atoms with van der Waals surface area (Å²) in [4.78, 5) is 8.14. The number of aromatic amines is 1. The molecule has 0 radical (unpaired) electrons. The van der Waals surface area contributed by atoms with Crippen LogP contribution < -0.4 is 10.2 Å². The van der Waals surface area contributed by atoms with Gasteiger partial charge in [-0.2, -0.15) is 4.98 Å². The van der Waals surface area contributed by atoms with Crippen molar-refractivity contribution in [2.24, 2.45) is 0 Å². The van der Waals surface area contributed by atoms with E-state index in [1.54, 1.807) is 11.8 Å². The summed E-state index contributed by atoms with van der Waals surface area (Å²) in [5, 5.41) is 10.8. The minimum Gasteiger partial charge on any atom is -0.339 e. The zero-order chi connectivity index (χ0) is 14.5. The molecular weight excluding hydrogens is 282 g/mol. The van der Waals surface area contributed by atoms with Crippen molar-refractivity contribution in [1.82, 2.24) is 20.5 Å². The molecular formula is C15H21N5S. The molecule has 5 nitrogen and oxygen atoms in total. The largest absolute Gasteiger partial charge is 0.339 e. The minimum absolute atomic E-state index is 0.633. The average molecular weight is 303 g/mol. The van der Waals surface area contributed by atoms with Gasteiger partial charge in [-0.05, 0) is 32.0 Å². The van der Waals surface area contributed by atoms with Gasteiger partial charge in [-0.3, -0.25) is 5.10 Å². The molecule has 1 aromatic carbocycles. The van der Waals surface area contributed by atoms with Crippen molar-refractivity contribution in [3.8, 4) is 0 Å². The highest BCUT2D eigenvalue weighted by molar-refractivity contribution is 7.98. The predicted octanol–water partition coefficient (Wildman–Crippen LogP) is 2.29. The third-order valence-electron chi connectivity index (χ3n) is 3.82. The molecule has 1 aromatic heterocycles. The standard InChI is InChI=1S/C15H21N5S/c1-16-12-7-9-20(10-8-12)15-17-14(18-19-15)11-21-13-5-3-2-4-6-13/h2-6,12,16H,7-11H2,1H3,(H,17,18,19). The summed E-state index contributed by atoms with van der Waals surface area (Å²) in [6.45, 7) is 2.04. The Morgan fingerprint density at radius 1 is 1.29 bits per heavy atom. The average Bonchev–Trinajstić information content (AvgIpc) is 3.03. The van der Waals surface area contributed by atoms with Gasteiger partial charge in [-0.15, -0.1) is 16.9 Å². The Morgan fingerprint density at radius 2 is 2.05 bits per heavy atom. The SMILES string of the molecule is CNC1CCN(c2n[nH]c(CSc3ccccc3)n2)CC1. The molecule has 1 fully saturated rings. The van der Waals surface area contributed by atoms with E-state index in [-0.39, 0.29) is 0 Å². The van der Waals surface area contributed by atoms with Crippen LogP contribution in [0.15, 0.2) is 35.2 Å². The van der Waals surface area contributed by atoms with E-state index >= 15 is 0 Å². The number of hydrogen-bond acceptors (Lipinski definition) is 5. The number of thioether (sulfide) groups is 1. The summed E-state index contributed by atoms with van der Waals surface area (Å²) in [7, 11) is 2.03. The maximum atomic E-state index is 4.62. The maximum absolute atomic E-state index is 4.62. The number of aromatic nitrogens is 3. The number of anilines is 1. The van der Waals surface area contributed by atoms with E-state index in [0.717, 1.165) is 43.5 Å². The molecule has 0 atom stereocenters. The first-order valence-corrected chi connectivity index (χ1v) is 8.35. The number of nitrogens with zero attached hydrogens (tertiary/aromatic N) is 3.